The highest BCUT2D eigenvalue weighted by molar-refractivity contribution is 5.79. The number of amides is 2. The van der Waals surface area contributed by atoms with Crippen LogP contribution in [0, 0.1) is 10.8 Å². The Kier molecular flexibility index (Phi) is 5.29. The number of rotatable bonds is 6. The first-order valence-electron chi connectivity index (χ1n) is 7.86. The summed E-state index contributed by atoms with van der Waals surface area (Å²) in [7, 11) is 0. The molecular formula is C16H30N2O3. The first-order chi connectivity index (χ1) is 9.56. The lowest BCUT2D eigenvalue weighted by Crippen LogP contribution is -2.59. The molecule has 0 atom stereocenters. The average Bonchev–Trinajstić information content (AvgIpc) is 2.85. The Labute approximate surface area is 127 Å². The molecule has 2 amide bonds. The van der Waals surface area contributed by atoms with Crippen LogP contribution in [0.4, 0.5) is 4.79 Å². The topological polar surface area (TPSA) is 78.4 Å². The minimum absolute atomic E-state index is 0.226. The third kappa shape index (κ3) is 3.89. The van der Waals surface area contributed by atoms with Crippen LogP contribution in [0.15, 0.2) is 0 Å². The van der Waals surface area contributed by atoms with E-state index in [-0.39, 0.29) is 11.4 Å². The second kappa shape index (κ2) is 6.24. The van der Waals surface area contributed by atoms with Crippen molar-refractivity contribution in [3.63, 3.8) is 0 Å². The molecule has 0 bridgehead atoms. The molecule has 1 fully saturated rings. The Balaban J connectivity index is 2.59. The Morgan fingerprint density at radius 3 is 2.10 bits per heavy atom. The fourth-order valence-corrected chi connectivity index (χ4v) is 2.80. The van der Waals surface area contributed by atoms with E-state index in [0.29, 0.717) is 6.54 Å². The van der Waals surface area contributed by atoms with Gasteiger partial charge in [0.15, 0.2) is 0 Å². The van der Waals surface area contributed by atoms with Crippen molar-refractivity contribution in [2.45, 2.75) is 72.3 Å². The average molecular weight is 298 g/mol. The lowest BCUT2D eigenvalue weighted by Gasteiger charge is -2.39. The van der Waals surface area contributed by atoms with Crippen LogP contribution in [-0.2, 0) is 4.79 Å². The van der Waals surface area contributed by atoms with E-state index in [2.05, 4.69) is 17.6 Å². The van der Waals surface area contributed by atoms with Crippen molar-refractivity contribution in [2.24, 2.45) is 10.8 Å². The maximum absolute atomic E-state index is 12.1. The first-order valence-corrected chi connectivity index (χ1v) is 7.86. The van der Waals surface area contributed by atoms with Gasteiger partial charge in [0, 0.05) is 6.54 Å². The molecule has 1 aliphatic carbocycles. The van der Waals surface area contributed by atoms with Gasteiger partial charge >= 0.3 is 12.0 Å². The summed E-state index contributed by atoms with van der Waals surface area (Å²) in [5.41, 5.74) is -1.65. The molecule has 5 nitrogen and oxygen atoms in total. The largest absolute Gasteiger partial charge is 0.481 e. The summed E-state index contributed by atoms with van der Waals surface area (Å²) in [6.07, 6.45) is 5.85. The van der Waals surface area contributed by atoms with Gasteiger partial charge in [-0.1, -0.05) is 19.8 Å². The zero-order valence-electron chi connectivity index (χ0n) is 14.0. The number of hydrogen-bond donors (Lipinski definition) is 3. The van der Waals surface area contributed by atoms with E-state index in [0.717, 1.165) is 19.3 Å². The van der Waals surface area contributed by atoms with E-state index in [9.17, 15) is 14.7 Å². The summed E-state index contributed by atoms with van der Waals surface area (Å²) in [4.78, 5) is 23.5. The smallest absolute Gasteiger partial charge is 0.315 e. The monoisotopic (exact) mass is 298 g/mol. The fraction of sp³-hybridized carbons (Fsp3) is 0.875. The van der Waals surface area contributed by atoms with E-state index in [1.807, 2.05) is 0 Å². The Bertz CT molecular complexity index is 396. The standard InChI is InChI=1S/C16H30N2O3/c1-6-16(9-7-8-10-16)11-17-13(21)18-15(4,5)14(2,3)12(19)20/h6-11H2,1-5H3,(H,19,20)(H2,17,18,21). The molecule has 3 N–H and O–H groups in total. The zero-order chi connectivity index (χ0) is 16.3. The normalized spacial score (nSPS) is 18.3. The van der Waals surface area contributed by atoms with Gasteiger partial charge in [0.2, 0.25) is 0 Å². The predicted octanol–water partition coefficient (Wildman–Crippen LogP) is 3.15. The molecule has 0 aromatic carbocycles. The maximum Gasteiger partial charge on any atom is 0.315 e. The molecule has 1 rings (SSSR count). The van der Waals surface area contributed by atoms with Crippen LogP contribution in [0.5, 0.6) is 0 Å². The van der Waals surface area contributed by atoms with Crippen LogP contribution in [0.2, 0.25) is 0 Å². The molecular weight excluding hydrogens is 268 g/mol. The number of urea groups is 1. The molecule has 0 spiro atoms. The van der Waals surface area contributed by atoms with Crippen molar-refractivity contribution >= 4 is 12.0 Å². The maximum atomic E-state index is 12.1. The molecule has 1 aliphatic rings. The molecule has 0 unspecified atom stereocenters. The Morgan fingerprint density at radius 1 is 1.14 bits per heavy atom. The van der Waals surface area contributed by atoms with E-state index < -0.39 is 16.9 Å². The van der Waals surface area contributed by atoms with Gasteiger partial charge in [-0.25, -0.2) is 4.79 Å². The summed E-state index contributed by atoms with van der Waals surface area (Å²) in [6, 6.07) is -0.283. The van der Waals surface area contributed by atoms with Gasteiger partial charge in [-0.05, 0) is 52.4 Å². The molecule has 21 heavy (non-hydrogen) atoms. The lowest BCUT2D eigenvalue weighted by atomic mass is 9.74. The van der Waals surface area contributed by atoms with Crippen molar-refractivity contribution in [1.82, 2.24) is 10.6 Å². The van der Waals surface area contributed by atoms with Gasteiger partial charge in [0.05, 0.1) is 11.0 Å². The molecule has 0 heterocycles. The Morgan fingerprint density at radius 2 is 1.67 bits per heavy atom. The van der Waals surface area contributed by atoms with Gasteiger partial charge in [-0.2, -0.15) is 0 Å². The molecule has 1 saturated carbocycles. The van der Waals surface area contributed by atoms with E-state index in [1.165, 1.54) is 12.8 Å². The highest BCUT2D eigenvalue weighted by Gasteiger charge is 2.44. The first kappa shape index (κ1) is 17.8. The zero-order valence-corrected chi connectivity index (χ0v) is 14.0. The predicted molar refractivity (Wildman–Crippen MR) is 83.2 cm³/mol. The number of carbonyl (C=O) groups is 2. The van der Waals surface area contributed by atoms with Crippen molar-refractivity contribution < 1.29 is 14.7 Å². The van der Waals surface area contributed by atoms with E-state index in [1.54, 1.807) is 27.7 Å². The van der Waals surface area contributed by atoms with E-state index >= 15 is 0 Å². The Hall–Kier alpha value is -1.26. The number of carbonyl (C=O) groups excluding carboxylic acids is 1. The van der Waals surface area contributed by atoms with Gasteiger partial charge in [-0.3, -0.25) is 4.79 Å². The van der Waals surface area contributed by atoms with Crippen LogP contribution in [0.1, 0.15) is 66.7 Å². The van der Waals surface area contributed by atoms with Crippen LogP contribution >= 0.6 is 0 Å². The van der Waals surface area contributed by atoms with Crippen LogP contribution in [0.3, 0.4) is 0 Å². The minimum atomic E-state index is -1.04. The SMILES string of the molecule is CCC1(CNC(=O)NC(C)(C)C(C)(C)C(=O)O)CCCC1. The summed E-state index contributed by atoms with van der Waals surface area (Å²) in [5, 5.41) is 15.1. The molecule has 122 valence electrons. The van der Waals surface area contributed by atoms with Crippen LogP contribution < -0.4 is 10.6 Å². The van der Waals surface area contributed by atoms with Gasteiger partial charge in [0.25, 0.3) is 0 Å². The van der Waals surface area contributed by atoms with Crippen molar-refractivity contribution in [3.05, 3.63) is 0 Å². The van der Waals surface area contributed by atoms with Crippen molar-refractivity contribution in [2.75, 3.05) is 6.54 Å². The van der Waals surface area contributed by atoms with E-state index in [4.69, 9.17) is 0 Å². The summed E-state index contributed by atoms with van der Waals surface area (Å²) in [5.74, 6) is -0.923. The highest BCUT2D eigenvalue weighted by Crippen LogP contribution is 2.40. The van der Waals surface area contributed by atoms with Gasteiger partial charge < -0.3 is 15.7 Å². The lowest BCUT2D eigenvalue weighted by molar-refractivity contribution is -0.150. The summed E-state index contributed by atoms with van der Waals surface area (Å²) in [6.45, 7) is 9.57. The summed E-state index contributed by atoms with van der Waals surface area (Å²) >= 11 is 0. The number of carboxylic acids is 1. The van der Waals surface area contributed by atoms with Crippen LogP contribution in [0.25, 0.3) is 0 Å². The quantitative estimate of drug-likeness (QED) is 0.705. The fourth-order valence-electron chi connectivity index (χ4n) is 2.80. The number of carboxylic acid groups (broad SMARTS) is 1. The van der Waals surface area contributed by atoms with Gasteiger partial charge in [0.1, 0.15) is 0 Å². The third-order valence-electron chi connectivity index (χ3n) is 5.56. The second-order valence-electron chi connectivity index (χ2n) is 7.42. The number of nitrogens with one attached hydrogen (secondary N) is 2. The molecule has 0 aromatic heterocycles. The minimum Gasteiger partial charge on any atom is -0.481 e. The van der Waals surface area contributed by atoms with Crippen LogP contribution in [-0.4, -0.2) is 29.2 Å². The highest BCUT2D eigenvalue weighted by atomic mass is 16.4. The molecule has 0 aliphatic heterocycles. The third-order valence-corrected chi connectivity index (χ3v) is 5.56. The second-order valence-corrected chi connectivity index (χ2v) is 7.42. The summed E-state index contributed by atoms with van der Waals surface area (Å²) < 4.78 is 0. The van der Waals surface area contributed by atoms with Crippen molar-refractivity contribution in [1.29, 1.82) is 0 Å². The molecule has 0 radical (unpaired) electrons. The number of hydrogen-bond acceptors (Lipinski definition) is 2. The molecule has 5 heteroatoms. The number of aliphatic carboxylic acids is 1. The van der Waals surface area contributed by atoms with Gasteiger partial charge in [-0.15, -0.1) is 0 Å². The molecule has 0 saturated heterocycles. The van der Waals surface area contributed by atoms with Crippen molar-refractivity contribution in [3.8, 4) is 0 Å². The molecule has 0 aromatic rings.